The lowest BCUT2D eigenvalue weighted by Gasteiger charge is -2.24. The molecule has 32 heavy (non-hydrogen) atoms. The van der Waals surface area contributed by atoms with E-state index in [0.29, 0.717) is 17.1 Å². The van der Waals surface area contributed by atoms with Gasteiger partial charge in [-0.05, 0) is 30.7 Å². The van der Waals surface area contributed by atoms with E-state index < -0.39 is 18.1 Å². The van der Waals surface area contributed by atoms with Crippen LogP contribution in [-0.2, 0) is 4.79 Å². The van der Waals surface area contributed by atoms with Gasteiger partial charge in [0, 0.05) is 23.4 Å². The number of carbonyl (C=O) groups is 2. The molecule has 0 saturated carbocycles. The molecule has 1 aliphatic heterocycles. The van der Waals surface area contributed by atoms with E-state index in [1.807, 2.05) is 79.7 Å². The highest BCUT2D eigenvalue weighted by Gasteiger charge is 2.32. The molecule has 0 fully saturated rings. The summed E-state index contributed by atoms with van der Waals surface area (Å²) < 4.78 is 0. The fraction of sp³-hybridized carbons (Fsp3) is 0.160. The first-order chi connectivity index (χ1) is 15.6. The molecule has 7 nitrogen and oxygen atoms in total. The molecule has 0 bridgehead atoms. The van der Waals surface area contributed by atoms with Gasteiger partial charge in [0.2, 0.25) is 6.17 Å². The van der Waals surface area contributed by atoms with Crippen LogP contribution in [-0.4, -0.2) is 42.1 Å². The van der Waals surface area contributed by atoms with Crippen LogP contribution in [0.15, 0.2) is 83.9 Å². The van der Waals surface area contributed by atoms with Crippen molar-refractivity contribution in [2.24, 2.45) is 4.99 Å². The van der Waals surface area contributed by atoms with Crippen molar-refractivity contribution in [1.82, 2.24) is 5.32 Å². The predicted octanol–water partition coefficient (Wildman–Crippen LogP) is 3.32. The number of β-amino-alcohol motifs (C(OH)–C–C–N with tert-alkyl or cyclic N) is 1. The average Bonchev–Trinajstić information content (AvgIpc) is 2.90. The van der Waals surface area contributed by atoms with Gasteiger partial charge in [-0.2, -0.15) is 0 Å². The molecule has 3 aromatic rings. The lowest BCUT2D eigenvalue weighted by Crippen LogP contribution is -2.49. The van der Waals surface area contributed by atoms with Gasteiger partial charge < -0.3 is 20.6 Å². The van der Waals surface area contributed by atoms with Crippen LogP contribution < -0.4 is 15.5 Å². The molecule has 0 unspecified atom stereocenters. The maximum atomic E-state index is 13.4. The minimum atomic E-state index is -1.16. The maximum Gasteiger partial charge on any atom is 0.321 e. The Kier molecular flexibility index (Phi) is 6.28. The first-order valence-electron chi connectivity index (χ1n) is 10.4. The van der Waals surface area contributed by atoms with Crippen molar-refractivity contribution < 1.29 is 14.7 Å². The van der Waals surface area contributed by atoms with Crippen LogP contribution >= 0.6 is 0 Å². The summed E-state index contributed by atoms with van der Waals surface area (Å²) in [7, 11) is 0. The average molecular weight is 428 g/mol. The zero-order valence-electron chi connectivity index (χ0n) is 17.7. The van der Waals surface area contributed by atoms with Crippen LogP contribution in [0.2, 0.25) is 0 Å². The first-order valence-corrected chi connectivity index (χ1v) is 10.4. The second-order valence-electron chi connectivity index (χ2n) is 7.44. The van der Waals surface area contributed by atoms with E-state index in [4.69, 9.17) is 0 Å². The van der Waals surface area contributed by atoms with Gasteiger partial charge in [-0.15, -0.1) is 0 Å². The summed E-state index contributed by atoms with van der Waals surface area (Å²) in [6.07, 6.45) is -1.16. The summed E-state index contributed by atoms with van der Waals surface area (Å²) in [6, 6.07) is 23.7. The molecule has 1 aliphatic rings. The minimum Gasteiger partial charge on any atom is -0.395 e. The van der Waals surface area contributed by atoms with E-state index in [-0.39, 0.29) is 13.2 Å². The van der Waals surface area contributed by atoms with Crippen molar-refractivity contribution in [2.75, 3.05) is 23.4 Å². The molecule has 0 spiro atoms. The van der Waals surface area contributed by atoms with Gasteiger partial charge in [0.05, 0.1) is 18.0 Å². The normalized spacial score (nSPS) is 15.4. The zero-order chi connectivity index (χ0) is 22.5. The Hall–Kier alpha value is -3.97. The molecule has 7 heteroatoms. The number of benzodiazepines with no additional fused rings is 1. The Morgan fingerprint density at radius 2 is 1.78 bits per heavy atom. The van der Waals surface area contributed by atoms with E-state index in [1.165, 1.54) is 4.90 Å². The Balaban J connectivity index is 1.72. The number of para-hydroxylation sites is 1. The first kappa shape index (κ1) is 21.3. The number of rotatable bonds is 5. The third-order valence-electron chi connectivity index (χ3n) is 5.12. The molecule has 3 N–H and O–H groups in total. The number of benzene rings is 3. The van der Waals surface area contributed by atoms with E-state index in [0.717, 1.165) is 16.7 Å². The van der Waals surface area contributed by atoms with Gasteiger partial charge in [0.25, 0.3) is 5.91 Å². The number of urea groups is 1. The highest BCUT2D eigenvalue weighted by atomic mass is 16.3. The number of hydrogen-bond acceptors (Lipinski definition) is 4. The SMILES string of the molecule is Cc1cccc(NC(=O)N[C@@H]2N=C(c3ccccc3)c3ccccc3N(CCO)C2=O)c1. The Morgan fingerprint density at radius 1 is 1.03 bits per heavy atom. The number of aliphatic imine (C=N–C) groups is 1. The van der Waals surface area contributed by atoms with E-state index in [1.54, 1.807) is 6.07 Å². The Bertz CT molecular complexity index is 1160. The number of aliphatic hydroxyl groups excluding tert-OH is 1. The van der Waals surface area contributed by atoms with Crippen molar-refractivity contribution in [3.63, 3.8) is 0 Å². The highest BCUT2D eigenvalue weighted by molar-refractivity contribution is 6.20. The van der Waals surface area contributed by atoms with Crippen molar-refractivity contribution >= 4 is 29.0 Å². The maximum absolute atomic E-state index is 13.4. The van der Waals surface area contributed by atoms with Crippen molar-refractivity contribution in [3.05, 3.63) is 95.6 Å². The number of fused-ring (bicyclic) bond motifs is 1. The molecule has 1 heterocycles. The molecule has 0 aliphatic carbocycles. The fourth-order valence-electron chi connectivity index (χ4n) is 3.69. The van der Waals surface area contributed by atoms with E-state index >= 15 is 0 Å². The third-order valence-corrected chi connectivity index (χ3v) is 5.12. The second-order valence-corrected chi connectivity index (χ2v) is 7.44. The molecule has 3 amide bonds. The third kappa shape index (κ3) is 4.53. The van der Waals surface area contributed by atoms with Crippen LogP contribution in [0.25, 0.3) is 0 Å². The summed E-state index contributed by atoms with van der Waals surface area (Å²) in [5.41, 5.74) is 4.43. The van der Waals surface area contributed by atoms with Crippen LogP contribution in [0.3, 0.4) is 0 Å². The Labute approximate surface area is 186 Å². The summed E-state index contributed by atoms with van der Waals surface area (Å²) in [5.74, 6) is -0.420. The second kappa shape index (κ2) is 9.45. The number of amides is 3. The predicted molar refractivity (Wildman–Crippen MR) is 125 cm³/mol. The van der Waals surface area contributed by atoms with E-state index in [9.17, 15) is 14.7 Å². The number of anilines is 2. The summed E-state index contributed by atoms with van der Waals surface area (Å²) in [6.45, 7) is 1.80. The smallest absolute Gasteiger partial charge is 0.321 e. The highest BCUT2D eigenvalue weighted by Crippen LogP contribution is 2.28. The number of hydrogen-bond donors (Lipinski definition) is 3. The van der Waals surface area contributed by atoms with Crippen LogP contribution in [0, 0.1) is 6.92 Å². The van der Waals surface area contributed by atoms with Gasteiger partial charge in [-0.1, -0.05) is 60.7 Å². The van der Waals surface area contributed by atoms with Crippen molar-refractivity contribution in [2.45, 2.75) is 13.1 Å². The topological polar surface area (TPSA) is 94.0 Å². The van der Waals surface area contributed by atoms with Crippen LogP contribution in [0.1, 0.15) is 16.7 Å². The zero-order valence-corrected chi connectivity index (χ0v) is 17.7. The lowest BCUT2D eigenvalue weighted by atomic mass is 10.0. The van der Waals surface area contributed by atoms with Crippen LogP contribution in [0.5, 0.6) is 0 Å². The van der Waals surface area contributed by atoms with Crippen molar-refractivity contribution in [1.29, 1.82) is 0 Å². The van der Waals surface area contributed by atoms with E-state index in [2.05, 4.69) is 15.6 Å². The van der Waals surface area contributed by atoms with Gasteiger partial charge in [-0.3, -0.25) is 4.79 Å². The molecule has 0 saturated heterocycles. The number of nitrogens with one attached hydrogen (secondary N) is 2. The van der Waals surface area contributed by atoms with Gasteiger partial charge >= 0.3 is 6.03 Å². The summed E-state index contributed by atoms with van der Waals surface area (Å²) in [4.78, 5) is 32.2. The number of aliphatic hydroxyl groups is 1. The van der Waals surface area contributed by atoms with Crippen molar-refractivity contribution in [3.8, 4) is 0 Å². The largest absolute Gasteiger partial charge is 0.395 e. The molecule has 1 atom stereocenters. The quantitative estimate of drug-likeness (QED) is 0.582. The van der Waals surface area contributed by atoms with Gasteiger partial charge in [-0.25, -0.2) is 9.79 Å². The van der Waals surface area contributed by atoms with Gasteiger partial charge in [0.15, 0.2) is 0 Å². The molecule has 0 radical (unpaired) electrons. The summed E-state index contributed by atoms with van der Waals surface area (Å²) in [5, 5.41) is 15.0. The lowest BCUT2D eigenvalue weighted by molar-refractivity contribution is -0.120. The summed E-state index contributed by atoms with van der Waals surface area (Å²) >= 11 is 0. The molecule has 0 aromatic heterocycles. The van der Waals surface area contributed by atoms with Gasteiger partial charge in [0.1, 0.15) is 0 Å². The van der Waals surface area contributed by atoms with Crippen LogP contribution in [0.4, 0.5) is 16.2 Å². The Morgan fingerprint density at radius 3 is 2.53 bits per heavy atom. The number of carbonyl (C=O) groups excluding carboxylic acids is 2. The number of nitrogens with zero attached hydrogens (tertiary/aromatic N) is 2. The minimum absolute atomic E-state index is 0.0884. The number of aryl methyl sites for hydroxylation is 1. The molecule has 3 aromatic carbocycles. The molecular formula is C25H24N4O3. The molecule has 162 valence electrons. The fourth-order valence-corrected chi connectivity index (χ4v) is 3.69. The standard InChI is InChI=1S/C25H24N4O3/c1-17-8-7-11-19(16-17)26-25(32)28-23-24(31)29(14-15-30)21-13-6-5-12-20(21)22(27-23)18-9-3-2-4-10-18/h2-13,16,23,30H,14-15H2,1H3,(H2,26,28,32)/t23-/m0/s1. The monoisotopic (exact) mass is 428 g/mol. The molecule has 4 rings (SSSR count). The molecular weight excluding hydrogens is 404 g/mol.